The molecule has 0 heterocycles. The lowest BCUT2D eigenvalue weighted by atomic mass is 9.96. The number of carbonyl (C=O) groups excluding carboxylic acids is 4. The van der Waals surface area contributed by atoms with Gasteiger partial charge in [0.25, 0.3) is 0 Å². The molecule has 14 nitrogen and oxygen atoms in total. The zero-order valence-corrected chi connectivity index (χ0v) is 20.5. The first-order chi connectivity index (χ1) is 17.2. The molecule has 5 unspecified atom stereocenters. The molecule has 0 fully saturated rings. The third kappa shape index (κ3) is 10.5. The Morgan fingerprint density at radius 1 is 0.865 bits per heavy atom. The van der Waals surface area contributed by atoms with Gasteiger partial charge in [-0.2, -0.15) is 0 Å². The van der Waals surface area contributed by atoms with E-state index < -0.39 is 78.5 Å². The summed E-state index contributed by atoms with van der Waals surface area (Å²) in [7, 11) is 0. The molecule has 0 saturated carbocycles. The van der Waals surface area contributed by atoms with E-state index in [2.05, 4.69) is 16.0 Å². The Balaban J connectivity index is 3.18. The molecule has 0 saturated heterocycles. The highest BCUT2D eigenvalue weighted by atomic mass is 16.4. The predicted octanol–water partition coefficient (Wildman–Crippen LogP) is -1.80. The van der Waals surface area contributed by atoms with Gasteiger partial charge in [-0.1, -0.05) is 32.4 Å². The van der Waals surface area contributed by atoms with Crippen LogP contribution in [0.25, 0.3) is 0 Å². The molecule has 0 bridgehead atoms. The lowest BCUT2D eigenvalue weighted by Crippen LogP contribution is -2.59. The van der Waals surface area contributed by atoms with Crippen molar-refractivity contribution >= 4 is 35.6 Å². The van der Waals surface area contributed by atoms with Gasteiger partial charge in [-0.25, -0.2) is 4.79 Å². The number of carbonyl (C=O) groups is 6. The van der Waals surface area contributed by atoms with Crippen LogP contribution in [0.5, 0.6) is 5.75 Å². The predicted molar refractivity (Wildman–Crippen MR) is 129 cm³/mol. The Labute approximate surface area is 212 Å². The zero-order chi connectivity index (χ0) is 28.3. The number of nitrogens with two attached hydrogens (primary N) is 2. The lowest BCUT2D eigenvalue weighted by molar-refractivity contribution is -0.144. The first kappa shape index (κ1) is 30.8. The van der Waals surface area contributed by atoms with Crippen LogP contribution in [0.3, 0.4) is 0 Å². The first-order valence-corrected chi connectivity index (χ1v) is 11.4. The maximum atomic E-state index is 13.2. The number of nitrogens with one attached hydrogen (secondary N) is 3. The van der Waals surface area contributed by atoms with E-state index in [0.29, 0.717) is 12.0 Å². The minimum atomic E-state index is -1.62. The van der Waals surface area contributed by atoms with Crippen LogP contribution in [0.1, 0.15) is 38.7 Å². The molecule has 1 aromatic rings. The quantitative estimate of drug-likeness (QED) is 0.128. The number of rotatable bonds is 15. The summed E-state index contributed by atoms with van der Waals surface area (Å²) in [5.74, 6) is -6.92. The highest BCUT2D eigenvalue weighted by Crippen LogP contribution is 2.13. The largest absolute Gasteiger partial charge is 0.508 e. The summed E-state index contributed by atoms with van der Waals surface area (Å²) >= 11 is 0. The number of primary amides is 1. The normalized spacial score (nSPS) is 14.8. The van der Waals surface area contributed by atoms with Crippen LogP contribution >= 0.6 is 0 Å². The van der Waals surface area contributed by atoms with Crippen molar-refractivity contribution in [3.63, 3.8) is 0 Å². The van der Waals surface area contributed by atoms with Crippen LogP contribution in [-0.4, -0.2) is 75.1 Å². The molecule has 0 aliphatic heterocycles. The third-order valence-electron chi connectivity index (χ3n) is 5.55. The van der Waals surface area contributed by atoms with E-state index in [4.69, 9.17) is 16.6 Å². The standard InChI is InChI=1S/C23H33N5O9/c1-3-11(2)19(22(35)27-16(23(36)37)10-17(25)30)28-21(34)15(8-12-4-6-13(29)7-5-12)26-20(33)14(24)9-18(31)32/h4-7,11,14-16,19,29H,3,8-10,24H2,1-2H3,(H2,25,30)(H,26,33)(H,27,35)(H,28,34)(H,31,32)(H,36,37). The number of carboxylic acids is 2. The summed E-state index contributed by atoms with van der Waals surface area (Å²) < 4.78 is 0. The zero-order valence-electron chi connectivity index (χ0n) is 20.5. The maximum absolute atomic E-state index is 13.2. The number of phenols is 1. The summed E-state index contributed by atoms with van der Waals surface area (Å²) in [6, 6.07) is 0.0981. The summed E-state index contributed by atoms with van der Waals surface area (Å²) in [5, 5.41) is 34.8. The van der Waals surface area contributed by atoms with Crippen LogP contribution in [0.15, 0.2) is 24.3 Å². The Kier molecular flexibility index (Phi) is 12.0. The highest BCUT2D eigenvalue weighted by molar-refractivity contribution is 5.95. The molecule has 1 rings (SSSR count). The minimum absolute atomic E-state index is 0.0327. The number of amides is 4. The monoisotopic (exact) mass is 523 g/mol. The van der Waals surface area contributed by atoms with E-state index in [0.717, 1.165) is 0 Å². The van der Waals surface area contributed by atoms with Crippen LogP contribution in [0.2, 0.25) is 0 Å². The summed E-state index contributed by atoms with van der Waals surface area (Å²) in [4.78, 5) is 72.1. The second-order valence-corrected chi connectivity index (χ2v) is 8.58. The van der Waals surface area contributed by atoms with Gasteiger partial charge in [0.1, 0.15) is 23.9 Å². The Bertz CT molecular complexity index is 999. The number of hydrogen-bond donors (Lipinski definition) is 8. The van der Waals surface area contributed by atoms with Crippen LogP contribution in [0.4, 0.5) is 0 Å². The van der Waals surface area contributed by atoms with E-state index >= 15 is 0 Å². The number of phenolic OH excluding ortho intramolecular Hbond substituents is 1. The fourth-order valence-corrected chi connectivity index (χ4v) is 3.26. The second-order valence-electron chi connectivity index (χ2n) is 8.58. The molecule has 0 aliphatic carbocycles. The van der Waals surface area contributed by atoms with Crippen molar-refractivity contribution in [3.8, 4) is 5.75 Å². The van der Waals surface area contributed by atoms with E-state index in [1.165, 1.54) is 24.3 Å². The van der Waals surface area contributed by atoms with Gasteiger partial charge in [0.05, 0.1) is 18.9 Å². The maximum Gasteiger partial charge on any atom is 0.326 e. The number of aliphatic carboxylic acids is 2. The first-order valence-electron chi connectivity index (χ1n) is 11.4. The topological polar surface area (TPSA) is 251 Å². The van der Waals surface area contributed by atoms with Gasteiger partial charge in [-0.3, -0.25) is 24.0 Å². The van der Waals surface area contributed by atoms with E-state index in [9.17, 15) is 39.0 Å². The summed E-state index contributed by atoms with van der Waals surface area (Å²) in [6.45, 7) is 3.36. The van der Waals surface area contributed by atoms with Gasteiger partial charge in [-0.05, 0) is 23.6 Å². The number of carboxylic acid groups (broad SMARTS) is 2. The van der Waals surface area contributed by atoms with E-state index in [1.807, 2.05) is 0 Å². The molecule has 5 atom stereocenters. The summed E-state index contributed by atoms with van der Waals surface area (Å²) in [5.41, 5.74) is 11.2. The number of benzene rings is 1. The van der Waals surface area contributed by atoms with Crippen molar-refractivity contribution in [2.45, 2.75) is 63.7 Å². The average molecular weight is 524 g/mol. The van der Waals surface area contributed by atoms with Crippen molar-refractivity contribution in [1.82, 2.24) is 16.0 Å². The van der Waals surface area contributed by atoms with Gasteiger partial charge >= 0.3 is 11.9 Å². The molecule has 1 aromatic carbocycles. The lowest BCUT2D eigenvalue weighted by Gasteiger charge is -2.28. The molecule has 204 valence electrons. The molecule has 0 spiro atoms. The highest BCUT2D eigenvalue weighted by Gasteiger charge is 2.33. The SMILES string of the molecule is CCC(C)C(NC(=O)C(Cc1ccc(O)cc1)NC(=O)C(N)CC(=O)O)C(=O)NC(CC(N)=O)C(=O)O. The Morgan fingerprint density at radius 2 is 1.43 bits per heavy atom. The van der Waals surface area contributed by atoms with Crippen molar-refractivity contribution in [3.05, 3.63) is 29.8 Å². The average Bonchev–Trinajstić information content (AvgIpc) is 2.81. The van der Waals surface area contributed by atoms with Crippen molar-refractivity contribution in [2.75, 3.05) is 0 Å². The Morgan fingerprint density at radius 3 is 1.92 bits per heavy atom. The molecule has 0 aliphatic rings. The molecule has 0 aromatic heterocycles. The van der Waals surface area contributed by atoms with Crippen LogP contribution < -0.4 is 27.4 Å². The smallest absolute Gasteiger partial charge is 0.326 e. The summed E-state index contributed by atoms with van der Waals surface area (Å²) in [6.07, 6.45) is -1.06. The van der Waals surface area contributed by atoms with Crippen LogP contribution in [0, 0.1) is 5.92 Å². The van der Waals surface area contributed by atoms with Gasteiger partial charge in [0.2, 0.25) is 23.6 Å². The van der Waals surface area contributed by atoms with Crippen molar-refractivity contribution in [1.29, 1.82) is 0 Å². The molecular weight excluding hydrogens is 490 g/mol. The Hall–Kier alpha value is -4.20. The van der Waals surface area contributed by atoms with E-state index in [-0.39, 0.29) is 12.2 Å². The van der Waals surface area contributed by atoms with Crippen LogP contribution in [-0.2, 0) is 35.2 Å². The number of hydrogen-bond acceptors (Lipinski definition) is 8. The molecule has 0 radical (unpaired) electrons. The van der Waals surface area contributed by atoms with Gasteiger partial charge in [-0.15, -0.1) is 0 Å². The fourth-order valence-electron chi connectivity index (χ4n) is 3.26. The molecular formula is C23H33N5O9. The molecule has 37 heavy (non-hydrogen) atoms. The number of aromatic hydroxyl groups is 1. The van der Waals surface area contributed by atoms with Gasteiger partial charge < -0.3 is 42.7 Å². The van der Waals surface area contributed by atoms with Gasteiger partial charge in [0, 0.05) is 6.42 Å². The molecule has 10 N–H and O–H groups in total. The van der Waals surface area contributed by atoms with Crippen molar-refractivity contribution in [2.24, 2.45) is 17.4 Å². The van der Waals surface area contributed by atoms with E-state index in [1.54, 1.807) is 13.8 Å². The molecule has 14 heteroatoms. The van der Waals surface area contributed by atoms with Crippen molar-refractivity contribution < 1.29 is 44.1 Å². The second kappa shape index (κ2) is 14.4. The van der Waals surface area contributed by atoms with Gasteiger partial charge in [0.15, 0.2) is 0 Å². The molecule has 4 amide bonds. The fraction of sp³-hybridized carbons (Fsp3) is 0.478. The third-order valence-corrected chi connectivity index (χ3v) is 5.55. The minimum Gasteiger partial charge on any atom is -0.508 e.